The molecule has 2 nitrogen and oxygen atoms in total. The molecule has 70 valence electrons. The van der Waals surface area contributed by atoms with E-state index in [4.69, 9.17) is 0 Å². The van der Waals surface area contributed by atoms with Crippen LogP contribution in [0.25, 0.3) is 0 Å². The molecule has 1 fully saturated rings. The SMILES string of the molecule is [CH2-]N1CCC(c2ccccn2)CC1. The highest BCUT2D eigenvalue weighted by Gasteiger charge is 2.16. The molecule has 1 saturated heterocycles. The molecule has 0 aromatic carbocycles. The van der Waals surface area contributed by atoms with Gasteiger partial charge < -0.3 is 4.90 Å². The molecule has 1 aliphatic rings. The lowest BCUT2D eigenvalue weighted by molar-refractivity contribution is 0.278. The van der Waals surface area contributed by atoms with Crippen molar-refractivity contribution in [2.45, 2.75) is 18.8 Å². The highest BCUT2D eigenvalue weighted by molar-refractivity contribution is 5.10. The van der Waals surface area contributed by atoms with Crippen LogP contribution in [0.5, 0.6) is 0 Å². The molecule has 0 unspecified atom stereocenters. The monoisotopic (exact) mass is 175 g/mol. The topological polar surface area (TPSA) is 16.1 Å². The van der Waals surface area contributed by atoms with Gasteiger partial charge in [-0.25, -0.2) is 0 Å². The fourth-order valence-electron chi connectivity index (χ4n) is 1.85. The molecule has 1 aromatic heterocycles. The first-order valence-electron chi connectivity index (χ1n) is 4.82. The lowest BCUT2D eigenvalue weighted by atomic mass is 9.93. The van der Waals surface area contributed by atoms with Crippen molar-refractivity contribution in [3.63, 3.8) is 0 Å². The van der Waals surface area contributed by atoms with Crippen molar-refractivity contribution in [3.05, 3.63) is 37.1 Å². The largest absolute Gasteiger partial charge is 0.459 e. The summed E-state index contributed by atoms with van der Waals surface area (Å²) in [5.74, 6) is 0.652. The summed E-state index contributed by atoms with van der Waals surface area (Å²) in [7, 11) is 3.94. The van der Waals surface area contributed by atoms with Gasteiger partial charge in [0.05, 0.1) is 0 Å². The van der Waals surface area contributed by atoms with Crippen LogP contribution in [0, 0.1) is 7.05 Å². The van der Waals surface area contributed by atoms with Gasteiger partial charge in [0.2, 0.25) is 0 Å². The normalized spacial score (nSPS) is 20.4. The van der Waals surface area contributed by atoms with Crippen LogP contribution >= 0.6 is 0 Å². The molecule has 2 heteroatoms. The van der Waals surface area contributed by atoms with Crippen molar-refractivity contribution in [2.75, 3.05) is 13.1 Å². The molecular formula is C11H15N2-. The highest BCUT2D eigenvalue weighted by Crippen LogP contribution is 2.25. The number of rotatable bonds is 1. The molecule has 1 aromatic rings. The van der Waals surface area contributed by atoms with E-state index in [9.17, 15) is 0 Å². The van der Waals surface area contributed by atoms with Gasteiger partial charge in [-0.15, -0.1) is 0 Å². The van der Waals surface area contributed by atoms with Crippen LogP contribution in [-0.2, 0) is 0 Å². The number of piperidine rings is 1. The van der Waals surface area contributed by atoms with E-state index >= 15 is 0 Å². The van der Waals surface area contributed by atoms with Crippen LogP contribution in [0.4, 0.5) is 0 Å². The van der Waals surface area contributed by atoms with Crippen molar-refractivity contribution < 1.29 is 0 Å². The van der Waals surface area contributed by atoms with E-state index in [-0.39, 0.29) is 0 Å². The van der Waals surface area contributed by atoms with Gasteiger partial charge in [0.15, 0.2) is 0 Å². The van der Waals surface area contributed by atoms with Gasteiger partial charge in [0.25, 0.3) is 0 Å². The van der Waals surface area contributed by atoms with Crippen molar-refractivity contribution in [3.8, 4) is 0 Å². The molecule has 0 bridgehead atoms. The third-order valence-corrected chi connectivity index (χ3v) is 2.69. The minimum Gasteiger partial charge on any atom is -0.459 e. The van der Waals surface area contributed by atoms with E-state index < -0.39 is 0 Å². The Morgan fingerprint density at radius 2 is 2.08 bits per heavy atom. The van der Waals surface area contributed by atoms with Gasteiger partial charge in [0, 0.05) is 17.8 Å². The molecule has 1 aliphatic heterocycles. The minimum absolute atomic E-state index is 0.652. The van der Waals surface area contributed by atoms with Crippen molar-refractivity contribution in [2.24, 2.45) is 0 Å². The summed E-state index contributed by atoms with van der Waals surface area (Å²) in [6.07, 6.45) is 4.27. The standard InChI is InChI=1S/C11H15N2/c1-13-8-5-10(6-9-13)11-4-2-3-7-12-11/h2-4,7,10H,1,5-6,8-9H2/q-1. The summed E-state index contributed by atoms with van der Waals surface area (Å²) in [5, 5.41) is 0. The third kappa shape index (κ3) is 2.07. The summed E-state index contributed by atoms with van der Waals surface area (Å²) in [6.45, 7) is 2.20. The van der Waals surface area contributed by atoms with Crippen LogP contribution in [0.2, 0.25) is 0 Å². The van der Waals surface area contributed by atoms with E-state index in [0.717, 1.165) is 13.1 Å². The fraction of sp³-hybridized carbons (Fsp3) is 0.455. The predicted molar refractivity (Wildman–Crippen MR) is 53.1 cm³/mol. The fourth-order valence-corrected chi connectivity index (χ4v) is 1.85. The Morgan fingerprint density at radius 3 is 2.69 bits per heavy atom. The molecule has 0 radical (unpaired) electrons. The summed E-state index contributed by atoms with van der Waals surface area (Å²) >= 11 is 0. The molecule has 0 N–H and O–H groups in total. The predicted octanol–water partition coefficient (Wildman–Crippen LogP) is 2.05. The van der Waals surface area contributed by atoms with Gasteiger partial charge in [-0.05, 0) is 38.1 Å². The Morgan fingerprint density at radius 1 is 1.31 bits per heavy atom. The zero-order chi connectivity index (χ0) is 9.10. The van der Waals surface area contributed by atoms with Crippen LogP contribution in [0.15, 0.2) is 24.4 Å². The van der Waals surface area contributed by atoms with Gasteiger partial charge >= 0.3 is 0 Å². The van der Waals surface area contributed by atoms with Crippen molar-refractivity contribution >= 4 is 0 Å². The number of pyridine rings is 1. The third-order valence-electron chi connectivity index (χ3n) is 2.69. The van der Waals surface area contributed by atoms with Gasteiger partial charge in [0.1, 0.15) is 0 Å². The number of hydrogen-bond acceptors (Lipinski definition) is 2. The Bertz CT molecular complexity index is 250. The number of likely N-dealkylation sites (tertiary alicyclic amines) is 1. The summed E-state index contributed by atoms with van der Waals surface area (Å²) < 4.78 is 0. The molecule has 0 spiro atoms. The molecule has 0 amide bonds. The second kappa shape index (κ2) is 3.88. The molecule has 13 heavy (non-hydrogen) atoms. The van der Waals surface area contributed by atoms with Crippen molar-refractivity contribution in [1.29, 1.82) is 0 Å². The summed E-state index contributed by atoms with van der Waals surface area (Å²) in [4.78, 5) is 6.53. The second-order valence-electron chi connectivity index (χ2n) is 3.65. The average molecular weight is 175 g/mol. The van der Waals surface area contributed by atoms with Gasteiger partial charge in [-0.1, -0.05) is 6.07 Å². The second-order valence-corrected chi connectivity index (χ2v) is 3.65. The van der Waals surface area contributed by atoms with E-state index in [1.807, 2.05) is 12.3 Å². The maximum absolute atomic E-state index is 4.39. The first-order valence-corrected chi connectivity index (χ1v) is 4.82. The van der Waals surface area contributed by atoms with Crippen LogP contribution in [-0.4, -0.2) is 23.0 Å². The molecular weight excluding hydrogens is 160 g/mol. The van der Waals surface area contributed by atoms with E-state index in [0.29, 0.717) is 5.92 Å². The smallest absolute Gasteiger partial charge is 0.0435 e. The lowest BCUT2D eigenvalue weighted by Crippen LogP contribution is -2.27. The lowest BCUT2D eigenvalue weighted by Gasteiger charge is -2.34. The van der Waals surface area contributed by atoms with E-state index in [2.05, 4.69) is 29.1 Å². The van der Waals surface area contributed by atoms with Gasteiger partial charge in [-0.2, -0.15) is 0 Å². The minimum atomic E-state index is 0.652. The maximum atomic E-state index is 4.39. The maximum Gasteiger partial charge on any atom is 0.0435 e. The quantitative estimate of drug-likeness (QED) is 0.607. The van der Waals surface area contributed by atoms with Crippen LogP contribution < -0.4 is 0 Å². The zero-order valence-corrected chi connectivity index (χ0v) is 7.82. The number of nitrogens with zero attached hydrogens (tertiary/aromatic N) is 2. The van der Waals surface area contributed by atoms with Crippen molar-refractivity contribution in [1.82, 2.24) is 9.88 Å². The first-order chi connectivity index (χ1) is 6.36. The Kier molecular flexibility index (Phi) is 2.60. The number of hydrogen-bond donors (Lipinski definition) is 0. The molecule has 0 aliphatic carbocycles. The van der Waals surface area contributed by atoms with Gasteiger partial charge in [-0.3, -0.25) is 12.0 Å². The summed E-state index contributed by atoms with van der Waals surface area (Å²) in [5.41, 5.74) is 1.25. The molecule has 0 saturated carbocycles. The summed E-state index contributed by atoms with van der Waals surface area (Å²) in [6, 6.07) is 6.17. The average Bonchev–Trinajstić information content (AvgIpc) is 2.20. The van der Waals surface area contributed by atoms with E-state index in [1.54, 1.807) is 0 Å². The molecule has 0 atom stereocenters. The highest BCUT2D eigenvalue weighted by atomic mass is 15.1. The van der Waals surface area contributed by atoms with Crippen LogP contribution in [0.3, 0.4) is 0 Å². The van der Waals surface area contributed by atoms with E-state index in [1.165, 1.54) is 18.5 Å². The Balaban J connectivity index is 2.03. The zero-order valence-electron chi connectivity index (χ0n) is 7.82. The Labute approximate surface area is 79.6 Å². The first kappa shape index (κ1) is 8.70. The molecule has 2 heterocycles. The van der Waals surface area contributed by atoms with Crippen LogP contribution in [0.1, 0.15) is 24.5 Å². The Hall–Kier alpha value is -0.890. The molecule has 2 rings (SSSR count). The number of aromatic nitrogens is 1.